The fourth-order valence-corrected chi connectivity index (χ4v) is 1.13. The van der Waals surface area contributed by atoms with Gasteiger partial charge in [-0.1, -0.05) is 36.6 Å². The zero-order valence-electron chi connectivity index (χ0n) is 9.77. The van der Waals surface area contributed by atoms with Crippen LogP contribution in [0.1, 0.15) is 18.1 Å². The Morgan fingerprint density at radius 3 is 2.71 bits per heavy atom. The van der Waals surface area contributed by atoms with Crippen LogP contribution in [0, 0.1) is 11.8 Å². The van der Waals surface area contributed by atoms with E-state index in [2.05, 4.69) is 18.4 Å². The second kappa shape index (κ2) is 7.08. The predicted octanol–water partition coefficient (Wildman–Crippen LogP) is 2.80. The molecule has 0 aliphatic heterocycles. The van der Waals surface area contributed by atoms with Crippen molar-refractivity contribution in [2.45, 2.75) is 6.92 Å². The van der Waals surface area contributed by atoms with Crippen LogP contribution >= 0.6 is 0 Å². The second-order valence-corrected chi connectivity index (χ2v) is 3.18. The topological polar surface area (TPSA) is 26.3 Å². The summed E-state index contributed by atoms with van der Waals surface area (Å²) in [5.41, 5.74) is 1.95. The Bertz CT molecular complexity index is 470. The first kappa shape index (κ1) is 12.8. The van der Waals surface area contributed by atoms with Crippen LogP contribution < -0.4 is 0 Å². The van der Waals surface area contributed by atoms with E-state index in [-0.39, 0.29) is 5.97 Å². The van der Waals surface area contributed by atoms with E-state index < -0.39 is 0 Å². The molecule has 0 unspecified atom stereocenters. The van der Waals surface area contributed by atoms with Crippen molar-refractivity contribution in [2.24, 2.45) is 0 Å². The Morgan fingerprint density at radius 1 is 1.41 bits per heavy atom. The summed E-state index contributed by atoms with van der Waals surface area (Å²) in [7, 11) is 0. The van der Waals surface area contributed by atoms with Crippen molar-refractivity contribution in [3.8, 4) is 11.8 Å². The van der Waals surface area contributed by atoms with Crippen LogP contribution in [0.5, 0.6) is 0 Å². The monoisotopic (exact) mass is 226 g/mol. The van der Waals surface area contributed by atoms with Gasteiger partial charge in [0.2, 0.25) is 0 Å². The molecule has 0 fully saturated rings. The van der Waals surface area contributed by atoms with Crippen LogP contribution in [0.15, 0.2) is 43.0 Å². The number of benzene rings is 1. The van der Waals surface area contributed by atoms with E-state index in [9.17, 15) is 4.79 Å². The van der Waals surface area contributed by atoms with Gasteiger partial charge in [-0.2, -0.15) is 0 Å². The van der Waals surface area contributed by atoms with Crippen molar-refractivity contribution in [3.63, 3.8) is 0 Å². The molecule has 2 nitrogen and oxygen atoms in total. The standard InChI is InChI=1S/C15H14O2/c1-3-13-9-11-14(12-10-13)7-5-6-8-15(16)17-4-2/h3,6,8-12H,1,4H2,2H3. The van der Waals surface area contributed by atoms with Gasteiger partial charge in [0.15, 0.2) is 0 Å². The number of allylic oxidation sites excluding steroid dienone is 1. The molecule has 0 aromatic heterocycles. The zero-order valence-corrected chi connectivity index (χ0v) is 9.77. The largest absolute Gasteiger partial charge is 0.463 e. The summed E-state index contributed by atoms with van der Waals surface area (Å²) in [6.07, 6.45) is 4.58. The molecular formula is C15H14O2. The van der Waals surface area contributed by atoms with Crippen molar-refractivity contribution >= 4 is 12.0 Å². The smallest absolute Gasteiger partial charge is 0.331 e. The summed E-state index contributed by atoms with van der Waals surface area (Å²) >= 11 is 0. The highest BCUT2D eigenvalue weighted by Crippen LogP contribution is 2.03. The van der Waals surface area contributed by atoms with Gasteiger partial charge in [-0.25, -0.2) is 4.79 Å². The molecular weight excluding hydrogens is 212 g/mol. The quantitative estimate of drug-likeness (QED) is 0.450. The lowest BCUT2D eigenvalue weighted by Crippen LogP contribution is -1.98. The summed E-state index contributed by atoms with van der Waals surface area (Å²) < 4.78 is 4.72. The van der Waals surface area contributed by atoms with Gasteiger partial charge in [-0.05, 0) is 30.7 Å². The molecule has 0 radical (unpaired) electrons. The average molecular weight is 226 g/mol. The summed E-state index contributed by atoms with van der Waals surface area (Å²) in [5, 5.41) is 0. The third kappa shape index (κ3) is 4.85. The number of carbonyl (C=O) groups excluding carboxylic acids is 1. The summed E-state index contributed by atoms with van der Waals surface area (Å²) in [6, 6.07) is 7.68. The minimum Gasteiger partial charge on any atom is -0.463 e. The zero-order chi connectivity index (χ0) is 12.5. The molecule has 0 saturated carbocycles. The lowest BCUT2D eigenvalue weighted by Gasteiger charge is -1.92. The van der Waals surface area contributed by atoms with Crippen LogP contribution in [0.25, 0.3) is 6.08 Å². The summed E-state index contributed by atoms with van der Waals surface area (Å²) in [4.78, 5) is 11.0. The number of rotatable bonds is 3. The van der Waals surface area contributed by atoms with Crippen LogP contribution in [0.3, 0.4) is 0 Å². The van der Waals surface area contributed by atoms with Gasteiger partial charge in [-0.15, -0.1) is 0 Å². The van der Waals surface area contributed by atoms with Crippen molar-refractivity contribution in [2.75, 3.05) is 6.61 Å². The molecule has 0 bridgehead atoms. The number of esters is 1. The molecule has 0 aliphatic rings. The van der Waals surface area contributed by atoms with Crippen molar-refractivity contribution in [3.05, 3.63) is 54.1 Å². The number of carbonyl (C=O) groups is 1. The minimum absolute atomic E-state index is 0.371. The molecule has 0 atom stereocenters. The van der Waals surface area contributed by atoms with E-state index in [1.54, 1.807) is 13.0 Å². The third-order valence-electron chi connectivity index (χ3n) is 1.95. The maximum Gasteiger partial charge on any atom is 0.331 e. The molecule has 1 aromatic rings. The molecule has 1 rings (SSSR count). The maximum absolute atomic E-state index is 11.0. The first-order valence-corrected chi connectivity index (χ1v) is 5.33. The Balaban J connectivity index is 2.59. The van der Waals surface area contributed by atoms with E-state index in [0.717, 1.165) is 11.1 Å². The molecule has 86 valence electrons. The fourth-order valence-electron chi connectivity index (χ4n) is 1.13. The number of ether oxygens (including phenoxy) is 1. The fraction of sp³-hybridized carbons (Fsp3) is 0.133. The molecule has 0 amide bonds. The lowest BCUT2D eigenvalue weighted by atomic mass is 10.1. The van der Waals surface area contributed by atoms with Gasteiger partial charge in [0.05, 0.1) is 6.61 Å². The number of hydrogen-bond acceptors (Lipinski definition) is 2. The van der Waals surface area contributed by atoms with Crippen molar-refractivity contribution in [1.82, 2.24) is 0 Å². The van der Waals surface area contributed by atoms with Gasteiger partial charge in [-0.3, -0.25) is 0 Å². The normalized spacial score (nSPS) is 9.47. The predicted molar refractivity (Wildman–Crippen MR) is 69.2 cm³/mol. The summed E-state index contributed by atoms with van der Waals surface area (Å²) in [6.45, 7) is 5.81. The highest BCUT2D eigenvalue weighted by Gasteiger charge is 1.90. The average Bonchev–Trinajstić information content (AvgIpc) is 2.36. The third-order valence-corrected chi connectivity index (χ3v) is 1.95. The van der Waals surface area contributed by atoms with Gasteiger partial charge in [0.1, 0.15) is 0 Å². The lowest BCUT2D eigenvalue weighted by molar-refractivity contribution is -0.137. The van der Waals surface area contributed by atoms with Gasteiger partial charge >= 0.3 is 5.97 Å². The number of hydrogen-bond donors (Lipinski definition) is 0. The highest BCUT2D eigenvalue weighted by atomic mass is 16.5. The van der Waals surface area contributed by atoms with E-state index in [4.69, 9.17) is 4.74 Å². The second-order valence-electron chi connectivity index (χ2n) is 3.18. The van der Waals surface area contributed by atoms with Crippen LogP contribution in [0.4, 0.5) is 0 Å². The first-order valence-electron chi connectivity index (χ1n) is 5.33. The molecule has 0 heterocycles. The van der Waals surface area contributed by atoms with Crippen molar-refractivity contribution < 1.29 is 9.53 Å². The first-order chi connectivity index (χ1) is 8.26. The molecule has 1 aromatic carbocycles. The highest BCUT2D eigenvalue weighted by molar-refractivity contribution is 5.82. The molecule has 0 N–H and O–H groups in total. The van der Waals surface area contributed by atoms with Gasteiger partial charge in [0.25, 0.3) is 0 Å². The van der Waals surface area contributed by atoms with E-state index in [1.807, 2.05) is 24.3 Å². The SMILES string of the molecule is C=Cc1ccc(C#CC=CC(=O)OCC)cc1. The molecule has 2 heteroatoms. The Labute approximate surface area is 102 Å². The Hall–Kier alpha value is -2.27. The van der Waals surface area contributed by atoms with E-state index in [1.165, 1.54) is 12.2 Å². The van der Waals surface area contributed by atoms with Crippen LogP contribution in [-0.2, 0) is 9.53 Å². The van der Waals surface area contributed by atoms with Gasteiger partial charge in [0, 0.05) is 11.6 Å². The minimum atomic E-state index is -0.371. The summed E-state index contributed by atoms with van der Waals surface area (Å²) in [5.74, 6) is 5.31. The Morgan fingerprint density at radius 2 is 2.12 bits per heavy atom. The molecule has 0 saturated heterocycles. The van der Waals surface area contributed by atoms with E-state index >= 15 is 0 Å². The molecule has 0 aliphatic carbocycles. The van der Waals surface area contributed by atoms with Crippen LogP contribution in [0.2, 0.25) is 0 Å². The molecule has 0 spiro atoms. The Kier molecular flexibility index (Phi) is 5.33. The van der Waals surface area contributed by atoms with E-state index in [0.29, 0.717) is 6.61 Å². The maximum atomic E-state index is 11.0. The molecule has 17 heavy (non-hydrogen) atoms. The van der Waals surface area contributed by atoms with Crippen LogP contribution in [-0.4, -0.2) is 12.6 Å². The van der Waals surface area contributed by atoms with Crippen molar-refractivity contribution in [1.29, 1.82) is 0 Å². The van der Waals surface area contributed by atoms with Gasteiger partial charge < -0.3 is 4.74 Å².